The summed E-state index contributed by atoms with van der Waals surface area (Å²) in [4.78, 5) is 32.0. The first kappa shape index (κ1) is 23.7. The highest BCUT2D eigenvalue weighted by Crippen LogP contribution is 2.38. The van der Waals surface area contributed by atoms with Gasteiger partial charge in [-0.05, 0) is 36.4 Å². The number of likely N-dealkylation sites (tertiary alicyclic amines) is 1. The number of piperidine rings is 1. The van der Waals surface area contributed by atoms with Crippen molar-refractivity contribution < 1.29 is 30.0 Å². The van der Waals surface area contributed by atoms with Crippen molar-refractivity contribution in [1.29, 1.82) is 0 Å². The van der Waals surface area contributed by atoms with Gasteiger partial charge in [0.2, 0.25) is 5.91 Å². The van der Waals surface area contributed by atoms with Crippen molar-refractivity contribution >= 4 is 46.0 Å². The third kappa shape index (κ3) is 4.63. The number of carbonyl (C=O) groups is 2. The van der Waals surface area contributed by atoms with Crippen molar-refractivity contribution in [3.8, 4) is 0 Å². The lowest BCUT2D eigenvalue weighted by Gasteiger charge is -2.52. The summed E-state index contributed by atoms with van der Waals surface area (Å²) in [6.07, 6.45) is -4.67. The summed E-state index contributed by atoms with van der Waals surface area (Å²) in [6, 6.07) is 12.0. The number of thioether (sulfide) groups is 1. The number of carbonyl (C=O) groups excluding carboxylic acids is 2. The molecule has 11 heteroatoms. The lowest BCUT2D eigenvalue weighted by Crippen LogP contribution is -2.74. The normalized spacial score (nSPS) is 29.4. The number of fused-ring (bicyclic) bond motifs is 1. The van der Waals surface area contributed by atoms with Crippen molar-refractivity contribution in [2.75, 3.05) is 6.61 Å². The van der Waals surface area contributed by atoms with Crippen LogP contribution in [0.25, 0.3) is 0 Å². The number of aliphatic imine (C=N–C) groups is 1. The summed E-state index contributed by atoms with van der Waals surface area (Å²) in [6.45, 7) is -0.775. The Kier molecular flexibility index (Phi) is 7.03. The molecule has 5 N–H and O–H groups in total. The van der Waals surface area contributed by atoms with Gasteiger partial charge in [0.1, 0.15) is 18.2 Å². The van der Waals surface area contributed by atoms with Gasteiger partial charge < -0.3 is 30.6 Å². The van der Waals surface area contributed by atoms with Crippen LogP contribution in [0.2, 0.25) is 5.02 Å². The molecule has 0 bridgehead atoms. The summed E-state index contributed by atoms with van der Waals surface area (Å²) in [5, 5.41) is 44.0. The molecule has 9 nitrogen and oxygen atoms in total. The number of hydrogen-bond acceptors (Lipinski definition) is 8. The van der Waals surface area contributed by atoms with E-state index in [0.717, 1.165) is 16.7 Å². The van der Waals surface area contributed by atoms with Crippen LogP contribution in [0.5, 0.6) is 0 Å². The van der Waals surface area contributed by atoms with Crippen LogP contribution < -0.4 is 5.32 Å². The monoisotopic (exact) mass is 491 g/mol. The molecule has 0 radical (unpaired) electrons. The molecule has 0 aliphatic carbocycles. The smallest absolute Gasteiger partial charge is 0.255 e. The molecule has 4 rings (SSSR count). The molecule has 0 saturated carbocycles. The van der Waals surface area contributed by atoms with Gasteiger partial charge in [0.05, 0.1) is 29.7 Å². The first-order valence-electron chi connectivity index (χ1n) is 10.2. The Morgan fingerprint density at radius 1 is 1.12 bits per heavy atom. The van der Waals surface area contributed by atoms with Crippen LogP contribution in [0, 0.1) is 0 Å². The van der Waals surface area contributed by atoms with Crippen LogP contribution >= 0.6 is 23.4 Å². The van der Waals surface area contributed by atoms with Gasteiger partial charge in [-0.3, -0.25) is 9.59 Å². The fourth-order valence-corrected chi connectivity index (χ4v) is 5.42. The van der Waals surface area contributed by atoms with E-state index < -0.39 is 54.1 Å². The second-order valence-electron chi connectivity index (χ2n) is 7.71. The van der Waals surface area contributed by atoms with Crippen LogP contribution in [0.1, 0.15) is 10.4 Å². The zero-order chi connectivity index (χ0) is 23.7. The van der Waals surface area contributed by atoms with Gasteiger partial charge in [0, 0.05) is 10.6 Å². The highest BCUT2D eigenvalue weighted by Gasteiger charge is 2.57. The number of halogens is 1. The summed E-state index contributed by atoms with van der Waals surface area (Å²) in [5.74, 6) is -1.25. The van der Waals surface area contributed by atoms with E-state index in [0.29, 0.717) is 10.7 Å². The second kappa shape index (κ2) is 9.80. The van der Waals surface area contributed by atoms with Gasteiger partial charge in [0.25, 0.3) is 5.91 Å². The molecule has 2 heterocycles. The SMILES string of the molecule is O=C1NC(=Nc2ccc(Cl)cc2)S[C@H]2[C@@H](O)[C@H](O)[C@@H]([C@@H](O)CO)N(C(=O)c3ccccc3)[C@@H]12. The van der Waals surface area contributed by atoms with E-state index in [1.54, 1.807) is 54.6 Å². The molecular formula is C22H22ClN3O6S. The number of nitrogens with one attached hydrogen (secondary N) is 1. The minimum absolute atomic E-state index is 0.183. The average Bonchev–Trinajstić information content (AvgIpc) is 2.82. The van der Waals surface area contributed by atoms with Crippen molar-refractivity contribution in [2.45, 2.75) is 35.6 Å². The third-order valence-corrected chi connectivity index (χ3v) is 7.09. The van der Waals surface area contributed by atoms with Crippen molar-refractivity contribution in [2.24, 2.45) is 4.99 Å². The highest BCUT2D eigenvalue weighted by molar-refractivity contribution is 8.14. The van der Waals surface area contributed by atoms with Gasteiger partial charge in [-0.25, -0.2) is 4.99 Å². The fourth-order valence-electron chi connectivity index (χ4n) is 4.04. The van der Waals surface area contributed by atoms with Crippen molar-refractivity contribution in [3.63, 3.8) is 0 Å². The standard InChI is InChI=1S/C22H22ClN3O6S/c23-12-6-8-13(9-7-12)24-22-25-20(31)16-19(33-22)18(30)17(29)15(14(28)10-27)26(16)21(32)11-4-2-1-3-5-11/h1-9,14-19,27-30H,10H2,(H,24,25,31)/t14-,15+,16+,17+,18-,19+/m0/s1. The van der Waals surface area contributed by atoms with Crippen LogP contribution in [-0.2, 0) is 4.79 Å². The molecule has 2 fully saturated rings. The molecule has 2 saturated heterocycles. The summed E-state index contributed by atoms with van der Waals surface area (Å²) in [5.41, 5.74) is 0.741. The predicted octanol–water partition coefficient (Wildman–Crippen LogP) is 0.527. The van der Waals surface area contributed by atoms with Gasteiger partial charge in [0.15, 0.2) is 5.17 Å². The van der Waals surface area contributed by atoms with Crippen LogP contribution in [0.3, 0.4) is 0 Å². The number of benzene rings is 2. The van der Waals surface area contributed by atoms with Crippen molar-refractivity contribution in [1.82, 2.24) is 10.2 Å². The van der Waals surface area contributed by atoms with Gasteiger partial charge in [-0.15, -0.1) is 0 Å². The van der Waals surface area contributed by atoms with Crippen LogP contribution in [0.15, 0.2) is 59.6 Å². The number of amidine groups is 1. The Morgan fingerprint density at radius 2 is 1.79 bits per heavy atom. The van der Waals surface area contributed by atoms with E-state index >= 15 is 0 Å². The molecular weight excluding hydrogens is 470 g/mol. The van der Waals surface area contributed by atoms with Gasteiger partial charge >= 0.3 is 0 Å². The summed E-state index contributed by atoms with van der Waals surface area (Å²) in [7, 11) is 0. The average molecular weight is 492 g/mol. The Morgan fingerprint density at radius 3 is 2.42 bits per heavy atom. The minimum atomic E-state index is -1.61. The zero-order valence-corrected chi connectivity index (χ0v) is 18.7. The van der Waals surface area contributed by atoms with E-state index in [4.69, 9.17) is 11.6 Å². The third-order valence-electron chi connectivity index (χ3n) is 5.61. The lowest BCUT2D eigenvalue weighted by atomic mass is 9.85. The second-order valence-corrected chi connectivity index (χ2v) is 9.31. The minimum Gasteiger partial charge on any atom is -0.394 e. The highest BCUT2D eigenvalue weighted by atomic mass is 35.5. The number of amides is 2. The molecule has 2 amide bonds. The van der Waals surface area contributed by atoms with E-state index in [2.05, 4.69) is 10.3 Å². The molecule has 2 aromatic rings. The van der Waals surface area contributed by atoms with E-state index in [9.17, 15) is 30.0 Å². The quantitative estimate of drug-likeness (QED) is 0.419. The maximum atomic E-state index is 13.4. The van der Waals surface area contributed by atoms with E-state index in [1.165, 1.54) is 0 Å². The van der Waals surface area contributed by atoms with Gasteiger partial charge in [-0.1, -0.05) is 41.6 Å². The molecule has 174 valence electrons. The molecule has 0 unspecified atom stereocenters. The lowest BCUT2D eigenvalue weighted by molar-refractivity contribution is -0.145. The van der Waals surface area contributed by atoms with Crippen LogP contribution in [0.4, 0.5) is 5.69 Å². The maximum absolute atomic E-state index is 13.4. The maximum Gasteiger partial charge on any atom is 0.255 e. The molecule has 6 atom stereocenters. The number of hydrogen-bond donors (Lipinski definition) is 5. The Balaban J connectivity index is 1.72. The van der Waals surface area contributed by atoms with Crippen LogP contribution in [-0.4, -0.2) is 84.6 Å². The summed E-state index contributed by atoms with van der Waals surface area (Å²) >= 11 is 6.90. The first-order chi connectivity index (χ1) is 15.8. The topological polar surface area (TPSA) is 143 Å². The molecule has 0 spiro atoms. The Hall–Kier alpha value is -2.47. The summed E-state index contributed by atoms with van der Waals surface area (Å²) < 4.78 is 0. The predicted molar refractivity (Wildman–Crippen MR) is 123 cm³/mol. The molecule has 2 aliphatic heterocycles. The number of aliphatic hydroxyl groups is 4. The molecule has 2 aliphatic rings. The molecule has 2 aromatic carbocycles. The number of aliphatic hydroxyl groups excluding tert-OH is 4. The number of nitrogens with zero attached hydrogens (tertiary/aromatic N) is 2. The molecule has 33 heavy (non-hydrogen) atoms. The Labute approximate surface area is 198 Å². The zero-order valence-electron chi connectivity index (χ0n) is 17.2. The van der Waals surface area contributed by atoms with E-state index in [1.807, 2.05) is 0 Å². The number of rotatable bonds is 4. The Bertz CT molecular complexity index is 1050. The van der Waals surface area contributed by atoms with Crippen molar-refractivity contribution in [3.05, 3.63) is 65.2 Å². The largest absolute Gasteiger partial charge is 0.394 e. The van der Waals surface area contributed by atoms with Gasteiger partial charge in [-0.2, -0.15) is 0 Å². The van der Waals surface area contributed by atoms with E-state index in [-0.39, 0.29) is 10.7 Å². The first-order valence-corrected chi connectivity index (χ1v) is 11.4. The fraction of sp³-hybridized carbons (Fsp3) is 0.318. The molecule has 0 aromatic heterocycles.